The lowest BCUT2D eigenvalue weighted by molar-refractivity contribution is -0.163. The third-order valence-corrected chi connectivity index (χ3v) is 4.46. The van der Waals surface area contributed by atoms with E-state index in [9.17, 15) is 24.3 Å². The van der Waals surface area contributed by atoms with Crippen LogP contribution in [-0.2, 0) is 23.9 Å². The molecule has 0 saturated carbocycles. The largest absolute Gasteiger partial charge is 0.480 e. The number of nitrogens with two attached hydrogens (primary N) is 1. The second kappa shape index (κ2) is 8.91. The highest BCUT2D eigenvalue weighted by molar-refractivity contribution is 6.10. The number of carboxylic acids is 1. The number of Topliss-reactive ketones (excluding diaryl/α,β-unsaturated/α-hetero) is 1. The summed E-state index contributed by atoms with van der Waals surface area (Å²) in [4.78, 5) is 49.9. The van der Waals surface area contributed by atoms with Gasteiger partial charge in [0.05, 0.1) is 12.6 Å². The number of aliphatic carboxylic acids is 1. The monoisotopic (exact) mass is 357 g/mol. The maximum absolute atomic E-state index is 12.6. The standard InChI is InChI=1S/C16H27N3O6/c1-4-25-14(22)11(6-7-12(20)18-3)19-9-5-8-16(19,15(23)24)13(21)10(2)17/h10-11H,4-9,17H2,1-3H3,(H,18,20)(H,23,24). The van der Waals surface area contributed by atoms with Gasteiger partial charge in [0.2, 0.25) is 5.91 Å². The molecule has 142 valence electrons. The van der Waals surface area contributed by atoms with Crippen molar-refractivity contribution < 1.29 is 29.0 Å². The fourth-order valence-electron chi connectivity index (χ4n) is 3.27. The summed E-state index contributed by atoms with van der Waals surface area (Å²) in [5.41, 5.74) is 3.79. The Kier molecular flexibility index (Phi) is 7.50. The van der Waals surface area contributed by atoms with Gasteiger partial charge >= 0.3 is 11.9 Å². The van der Waals surface area contributed by atoms with Gasteiger partial charge in [-0.1, -0.05) is 0 Å². The van der Waals surface area contributed by atoms with E-state index in [2.05, 4.69) is 5.32 Å². The van der Waals surface area contributed by atoms with Crippen molar-refractivity contribution in [3.05, 3.63) is 0 Å². The molecule has 0 bridgehead atoms. The van der Waals surface area contributed by atoms with Crippen LogP contribution in [0.15, 0.2) is 0 Å². The Morgan fingerprint density at radius 3 is 2.48 bits per heavy atom. The number of hydrogen-bond acceptors (Lipinski definition) is 7. The van der Waals surface area contributed by atoms with Crippen LogP contribution < -0.4 is 11.1 Å². The molecule has 1 rings (SSSR count). The van der Waals surface area contributed by atoms with Crippen LogP contribution in [0.3, 0.4) is 0 Å². The van der Waals surface area contributed by atoms with Crippen molar-refractivity contribution in [2.45, 2.75) is 57.2 Å². The highest BCUT2D eigenvalue weighted by atomic mass is 16.5. The molecule has 3 atom stereocenters. The predicted octanol–water partition coefficient (Wildman–Crippen LogP) is -0.720. The molecule has 4 N–H and O–H groups in total. The first kappa shape index (κ1) is 21.0. The molecule has 0 aromatic carbocycles. The number of carboxylic acid groups (broad SMARTS) is 1. The molecular weight excluding hydrogens is 330 g/mol. The van der Waals surface area contributed by atoms with E-state index < -0.39 is 35.3 Å². The molecule has 1 aliphatic rings. The number of ether oxygens (including phenoxy) is 1. The minimum Gasteiger partial charge on any atom is -0.480 e. The number of carbonyl (C=O) groups is 4. The number of rotatable bonds is 9. The van der Waals surface area contributed by atoms with E-state index in [-0.39, 0.29) is 38.3 Å². The summed E-state index contributed by atoms with van der Waals surface area (Å²) in [6.45, 7) is 3.41. The highest BCUT2D eigenvalue weighted by Crippen LogP contribution is 2.35. The van der Waals surface area contributed by atoms with Crippen molar-refractivity contribution in [1.82, 2.24) is 10.2 Å². The molecule has 9 nitrogen and oxygen atoms in total. The maximum atomic E-state index is 12.6. The Labute approximate surface area is 146 Å². The number of likely N-dealkylation sites (tertiary alicyclic amines) is 1. The van der Waals surface area contributed by atoms with Gasteiger partial charge in [0, 0.05) is 20.0 Å². The van der Waals surface area contributed by atoms with Crippen LogP contribution in [0.1, 0.15) is 39.5 Å². The quantitative estimate of drug-likeness (QED) is 0.363. The van der Waals surface area contributed by atoms with E-state index in [0.717, 1.165) is 0 Å². The van der Waals surface area contributed by atoms with Gasteiger partial charge in [0.25, 0.3) is 0 Å². The Bertz CT molecular complexity index is 536. The molecule has 0 spiro atoms. The molecule has 1 fully saturated rings. The minimum absolute atomic E-state index is 0.0124. The maximum Gasteiger partial charge on any atom is 0.332 e. The number of hydrogen-bond donors (Lipinski definition) is 3. The van der Waals surface area contributed by atoms with Crippen LogP contribution in [0.2, 0.25) is 0 Å². The topological polar surface area (TPSA) is 139 Å². The third-order valence-electron chi connectivity index (χ3n) is 4.46. The van der Waals surface area contributed by atoms with Crippen LogP contribution in [0.4, 0.5) is 0 Å². The molecule has 0 aromatic rings. The Morgan fingerprint density at radius 1 is 1.36 bits per heavy atom. The lowest BCUT2D eigenvalue weighted by Gasteiger charge is -2.38. The van der Waals surface area contributed by atoms with Crippen LogP contribution in [0.5, 0.6) is 0 Å². The molecule has 1 amide bonds. The molecular formula is C16H27N3O6. The fourth-order valence-corrected chi connectivity index (χ4v) is 3.27. The van der Waals surface area contributed by atoms with Crippen molar-refractivity contribution in [2.24, 2.45) is 5.73 Å². The molecule has 3 unspecified atom stereocenters. The zero-order valence-electron chi connectivity index (χ0n) is 14.9. The smallest absolute Gasteiger partial charge is 0.332 e. The van der Waals surface area contributed by atoms with Crippen LogP contribution >= 0.6 is 0 Å². The molecule has 0 radical (unpaired) electrons. The Morgan fingerprint density at radius 2 is 2.00 bits per heavy atom. The van der Waals surface area contributed by atoms with Gasteiger partial charge in [0.15, 0.2) is 11.3 Å². The van der Waals surface area contributed by atoms with Crippen molar-refractivity contribution in [2.75, 3.05) is 20.2 Å². The van der Waals surface area contributed by atoms with Gasteiger partial charge in [-0.2, -0.15) is 0 Å². The van der Waals surface area contributed by atoms with E-state index in [0.29, 0.717) is 6.42 Å². The first-order valence-electron chi connectivity index (χ1n) is 8.39. The summed E-state index contributed by atoms with van der Waals surface area (Å²) in [5.74, 6) is -2.90. The number of nitrogens with zero attached hydrogens (tertiary/aromatic N) is 1. The summed E-state index contributed by atoms with van der Waals surface area (Å²) in [6, 6.07) is -1.99. The number of ketones is 1. The van der Waals surface area contributed by atoms with Gasteiger partial charge in [-0.05, 0) is 33.1 Å². The van der Waals surface area contributed by atoms with E-state index in [1.807, 2.05) is 0 Å². The number of amides is 1. The predicted molar refractivity (Wildman–Crippen MR) is 88.7 cm³/mol. The summed E-state index contributed by atoms with van der Waals surface area (Å²) in [7, 11) is 1.47. The normalized spacial score (nSPS) is 22.9. The molecule has 9 heteroatoms. The van der Waals surface area contributed by atoms with Gasteiger partial charge in [-0.3, -0.25) is 19.3 Å². The van der Waals surface area contributed by atoms with Crippen LogP contribution in [-0.4, -0.2) is 71.5 Å². The molecule has 25 heavy (non-hydrogen) atoms. The highest BCUT2D eigenvalue weighted by Gasteiger charge is 2.57. The molecule has 0 aliphatic carbocycles. The second-order valence-corrected chi connectivity index (χ2v) is 6.09. The average molecular weight is 357 g/mol. The van der Waals surface area contributed by atoms with Gasteiger partial charge < -0.3 is 20.9 Å². The van der Waals surface area contributed by atoms with Crippen LogP contribution in [0.25, 0.3) is 0 Å². The summed E-state index contributed by atoms with van der Waals surface area (Å²) in [5, 5.41) is 12.2. The Hall–Kier alpha value is -2.00. The molecule has 0 aromatic heterocycles. The average Bonchev–Trinajstić information content (AvgIpc) is 2.99. The van der Waals surface area contributed by atoms with Crippen molar-refractivity contribution in [3.63, 3.8) is 0 Å². The molecule has 1 heterocycles. The van der Waals surface area contributed by atoms with Gasteiger partial charge in [0.1, 0.15) is 6.04 Å². The first-order valence-corrected chi connectivity index (χ1v) is 8.39. The van der Waals surface area contributed by atoms with Crippen LogP contribution in [0, 0.1) is 0 Å². The minimum atomic E-state index is -1.87. The second-order valence-electron chi connectivity index (χ2n) is 6.09. The lowest BCUT2D eigenvalue weighted by atomic mass is 9.86. The fraction of sp³-hybridized carbons (Fsp3) is 0.750. The number of nitrogens with one attached hydrogen (secondary N) is 1. The van der Waals surface area contributed by atoms with E-state index in [1.54, 1.807) is 6.92 Å². The van der Waals surface area contributed by atoms with Crippen molar-refractivity contribution in [3.8, 4) is 0 Å². The van der Waals surface area contributed by atoms with E-state index >= 15 is 0 Å². The Balaban J connectivity index is 3.23. The first-order chi connectivity index (χ1) is 11.7. The van der Waals surface area contributed by atoms with E-state index in [1.165, 1.54) is 18.9 Å². The van der Waals surface area contributed by atoms with Crippen molar-refractivity contribution >= 4 is 23.6 Å². The van der Waals surface area contributed by atoms with Crippen molar-refractivity contribution in [1.29, 1.82) is 0 Å². The summed E-state index contributed by atoms with van der Waals surface area (Å²) >= 11 is 0. The zero-order chi connectivity index (χ0) is 19.2. The van der Waals surface area contributed by atoms with E-state index in [4.69, 9.17) is 10.5 Å². The number of esters is 1. The molecule has 1 aliphatic heterocycles. The van der Waals surface area contributed by atoms with Gasteiger partial charge in [-0.15, -0.1) is 0 Å². The summed E-state index contributed by atoms with van der Waals surface area (Å²) in [6.07, 6.45) is 0.567. The third kappa shape index (κ3) is 4.35. The van der Waals surface area contributed by atoms with Gasteiger partial charge in [-0.25, -0.2) is 4.79 Å². The number of carbonyl (C=O) groups excluding carboxylic acids is 3. The zero-order valence-corrected chi connectivity index (χ0v) is 14.9. The summed E-state index contributed by atoms with van der Waals surface area (Å²) < 4.78 is 5.05. The molecule has 1 saturated heterocycles. The SMILES string of the molecule is CCOC(=O)C(CCC(=O)NC)N1CCCC1(C(=O)O)C(=O)C(C)N. The lowest BCUT2D eigenvalue weighted by Crippen LogP contribution is -2.64.